The molecular weight excluding hydrogens is 452 g/mol. The smallest absolute Gasteiger partial charge is 0.251 e. The zero-order valence-electron chi connectivity index (χ0n) is 19.3. The minimum absolute atomic E-state index is 0.0680. The normalized spacial score (nSPS) is 16.7. The van der Waals surface area contributed by atoms with Gasteiger partial charge in [-0.05, 0) is 59.7 Å². The predicted octanol–water partition coefficient (Wildman–Crippen LogP) is 4.44. The third-order valence-corrected chi connectivity index (χ3v) is 6.31. The van der Waals surface area contributed by atoms with Gasteiger partial charge in [0.1, 0.15) is 17.3 Å². The molecular formula is C26H26N2O5S. The molecule has 0 aromatic heterocycles. The summed E-state index contributed by atoms with van der Waals surface area (Å²) in [5, 5.41) is 0. The zero-order valence-corrected chi connectivity index (χ0v) is 20.1. The number of hydrogen-bond acceptors (Lipinski definition) is 5. The Morgan fingerprint density at radius 2 is 1.53 bits per heavy atom. The third kappa shape index (κ3) is 5.12. The number of ketones is 1. The van der Waals surface area contributed by atoms with Gasteiger partial charge in [0.05, 0.1) is 26.5 Å². The molecule has 8 heteroatoms. The van der Waals surface area contributed by atoms with Crippen molar-refractivity contribution in [3.05, 3.63) is 89.5 Å². The van der Waals surface area contributed by atoms with E-state index in [1.807, 2.05) is 41.3 Å². The molecule has 1 aliphatic heterocycles. The molecule has 7 nitrogen and oxygen atoms in total. The van der Waals surface area contributed by atoms with Gasteiger partial charge in [-0.25, -0.2) is 8.42 Å². The largest absolute Gasteiger partial charge is 0.497 e. The molecule has 176 valence electrons. The fourth-order valence-electron chi connectivity index (χ4n) is 4.21. The fraction of sp³-hybridized carbons (Fsp3) is 0.231. The maximum Gasteiger partial charge on any atom is 0.251 e. The minimum Gasteiger partial charge on any atom is -0.497 e. The lowest BCUT2D eigenvalue weighted by Crippen LogP contribution is -2.42. The summed E-state index contributed by atoms with van der Waals surface area (Å²) in [6.07, 6.45) is 1.55. The van der Waals surface area contributed by atoms with Gasteiger partial charge in [0, 0.05) is 24.1 Å². The standard InChI is InChI=1S/C26H26N2O5S/c1-32-21-12-8-18(9-13-21)25(29)17-24-23-7-5-4-6-19(23)16-26(27-34(3,30)31)28(24)20-10-14-22(33-2)15-11-20/h4-15,24H,16-17H2,1-3H3/b27-26+. The molecule has 0 radical (unpaired) electrons. The number of carbonyl (C=O) groups is 1. The second-order valence-electron chi connectivity index (χ2n) is 8.06. The van der Waals surface area contributed by atoms with Crippen molar-refractivity contribution >= 4 is 27.3 Å². The molecule has 0 fully saturated rings. The van der Waals surface area contributed by atoms with E-state index in [-0.39, 0.29) is 12.2 Å². The number of nitrogens with zero attached hydrogens (tertiary/aromatic N) is 2. The SMILES string of the molecule is COc1ccc(C(=O)CC2c3ccccc3C/C(=N\S(C)(=O)=O)N2c2ccc(OC)cc2)cc1. The van der Waals surface area contributed by atoms with Crippen molar-refractivity contribution in [1.82, 2.24) is 0 Å². The van der Waals surface area contributed by atoms with Crippen LogP contribution < -0.4 is 14.4 Å². The van der Waals surface area contributed by atoms with Crippen molar-refractivity contribution in [2.24, 2.45) is 4.40 Å². The van der Waals surface area contributed by atoms with Crippen LogP contribution in [0.25, 0.3) is 0 Å². The Bertz CT molecular complexity index is 1320. The lowest BCUT2D eigenvalue weighted by Gasteiger charge is -2.39. The molecule has 4 rings (SSSR count). The number of methoxy groups -OCH3 is 2. The Balaban J connectivity index is 1.82. The molecule has 0 saturated carbocycles. The van der Waals surface area contributed by atoms with Crippen LogP contribution in [-0.4, -0.2) is 40.5 Å². The van der Waals surface area contributed by atoms with Crippen molar-refractivity contribution in [3.63, 3.8) is 0 Å². The van der Waals surface area contributed by atoms with E-state index < -0.39 is 16.1 Å². The Morgan fingerprint density at radius 1 is 0.941 bits per heavy atom. The van der Waals surface area contributed by atoms with E-state index >= 15 is 0 Å². The first-order valence-electron chi connectivity index (χ1n) is 10.8. The van der Waals surface area contributed by atoms with Crippen LogP contribution in [0.5, 0.6) is 11.5 Å². The average molecular weight is 479 g/mol. The van der Waals surface area contributed by atoms with Crippen molar-refractivity contribution < 1.29 is 22.7 Å². The maximum absolute atomic E-state index is 13.3. The average Bonchev–Trinajstić information content (AvgIpc) is 2.83. The number of hydrogen-bond donors (Lipinski definition) is 0. The molecule has 1 atom stereocenters. The molecule has 0 saturated heterocycles. The molecule has 3 aromatic rings. The summed E-state index contributed by atoms with van der Waals surface area (Å²) in [5.74, 6) is 1.65. The summed E-state index contributed by atoms with van der Waals surface area (Å²) in [4.78, 5) is 15.2. The van der Waals surface area contributed by atoms with Crippen LogP contribution in [0.3, 0.4) is 0 Å². The van der Waals surface area contributed by atoms with Crippen LogP contribution in [0.2, 0.25) is 0 Å². The van der Waals surface area contributed by atoms with Crippen molar-refractivity contribution in [1.29, 1.82) is 0 Å². The number of anilines is 1. The van der Waals surface area contributed by atoms with Crippen LogP contribution >= 0.6 is 0 Å². The van der Waals surface area contributed by atoms with Gasteiger partial charge >= 0.3 is 0 Å². The van der Waals surface area contributed by atoms with Crippen molar-refractivity contribution in [2.75, 3.05) is 25.4 Å². The van der Waals surface area contributed by atoms with Crippen LogP contribution in [0.4, 0.5) is 5.69 Å². The van der Waals surface area contributed by atoms with E-state index in [2.05, 4.69) is 4.40 Å². The van der Waals surface area contributed by atoms with E-state index in [1.54, 1.807) is 50.6 Å². The monoisotopic (exact) mass is 478 g/mol. The van der Waals surface area contributed by atoms with Gasteiger partial charge < -0.3 is 14.4 Å². The Morgan fingerprint density at radius 3 is 2.12 bits per heavy atom. The summed E-state index contributed by atoms with van der Waals surface area (Å²) in [6, 6.07) is 21.6. The van der Waals surface area contributed by atoms with E-state index in [4.69, 9.17) is 9.47 Å². The molecule has 0 bridgehead atoms. The number of Topliss-reactive ketones (excluding diaryl/α,β-unsaturated/α-hetero) is 1. The van der Waals surface area contributed by atoms with Crippen LogP contribution in [0.1, 0.15) is 33.9 Å². The van der Waals surface area contributed by atoms with Gasteiger partial charge in [-0.15, -0.1) is 4.40 Å². The lowest BCUT2D eigenvalue weighted by molar-refractivity contribution is 0.0974. The van der Waals surface area contributed by atoms with Gasteiger partial charge in [-0.3, -0.25) is 4.79 Å². The topological polar surface area (TPSA) is 85.3 Å². The lowest BCUT2D eigenvalue weighted by atomic mass is 9.87. The quantitative estimate of drug-likeness (QED) is 0.467. The second-order valence-corrected chi connectivity index (χ2v) is 9.70. The number of carbonyl (C=O) groups excluding carboxylic acids is 1. The summed E-state index contributed by atoms with van der Waals surface area (Å²) in [6.45, 7) is 0. The Labute approximate surface area is 199 Å². The third-order valence-electron chi connectivity index (χ3n) is 5.76. The van der Waals surface area contributed by atoms with Crippen LogP contribution in [0, 0.1) is 0 Å². The molecule has 1 unspecified atom stereocenters. The summed E-state index contributed by atoms with van der Waals surface area (Å²) < 4.78 is 38.9. The fourth-order valence-corrected chi connectivity index (χ4v) is 4.74. The van der Waals surface area contributed by atoms with Crippen molar-refractivity contribution in [2.45, 2.75) is 18.9 Å². The first-order valence-corrected chi connectivity index (χ1v) is 12.6. The van der Waals surface area contributed by atoms with Gasteiger partial charge in [-0.1, -0.05) is 24.3 Å². The molecule has 1 heterocycles. The molecule has 0 N–H and O–H groups in total. The number of ether oxygens (including phenoxy) is 2. The molecule has 3 aromatic carbocycles. The second kappa shape index (κ2) is 9.69. The summed E-state index contributed by atoms with van der Waals surface area (Å²) in [5.41, 5.74) is 3.19. The number of rotatable bonds is 7. The van der Waals surface area contributed by atoms with Gasteiger partial charge in [0.25, 0.3) is 10.0 Å². The minimum atomic E-state index is -3.67. The first kappa shape index (κ1) is 23.5. The number of benzene rings is 3. The van der Waals surface area contributed by atoms with Gasteiger partial charge in [0.15, 0.2) is 5.78 Å². The summed E-state index contributed by atoms with van der Waals surface area (Å²) >= 11 is 0. The summed E-state index contributed by atoms with van der Waals surface area (Å²) in [7, 11) is -0.512. The Kier molecular flexibility index (Phi) is 6.70. The molecule has 34 heavy (non-hydrogen) atoms. The van der Waals surface area contributed by atoms with E-state index in [0.717, 1.165) is 23.1 Å². The highest BCUT2D eigenvalue weighted by Crippen LogP contribution is 2.38. The van der Waals surface area contributed by atoms with Gasteiger partial charge in [0.2, 0.25) is 0 Å². The Hall–Kier alpha value is -3.65. The van der Waals surface area contributed by atoms with E-state index in [9.17, 15) is 13.2 Å². The molecule has 0 aliphatic carbocycles. The molecule has 0 amide bonds. The number of sulfonamides is 1. The molecule has 0 spiro atoms. The highest BCUT2D eigenvalue weighted by molar-refractivity contribution is 7.89. The molecule has 1 aliphatic rings. The van der Waals surface area contributed by atoms with E-state index in [1.165, 1.54) is 0 Å². The number of amidine groups is 1. The highest BCUT2D eigenvalue weighted by Gasteiger charge is 2.34. The highest BCUT2D eigenvalue weighted by atomic mass is 32.2. The van der Waals surface area contributed by atoms with Crippen LogP contribution in [-0.2, 0) is 16.4 Å². The van der Waals surface area contributed by atoms with Gasteiger partial charge in [-0.2, -0.15) is 0 Å². The predicted molar refractivity (Wildman–Crippen MR) is 133 cm³/mol. The van der Waals surface area contributed by atoms with Crippen LogP contribution in [0.15, 0.2) is 77.2 Å². The van der Waals surface area contributed by atoms with E-state index in [0.29, 0.717) is 29.3 Å². The zero-order chi connectivity index (χ0) is 24.3. The maximum atomic E-state index is 13.3. The number of fused-ring (bicyclic) bond motifs is 1. The van der Waals surface area contributed by atoms with Crippen molar-refractivity contribution in [3.8, 4) is 11.5 Å². The first-order chi connectivity index (χ1) is 16.3.